The van der Waals surface area contributed by atoms with Gasteiger partial charge >= 0.3 is 6.61 Å². The van der Waals surface area contributed by atoms with E-state index in [1.807, 2.05) is 12.1 Å². The molecule has 0 saturated carbocycles. The number of carbonyl (C=O) groups excluding carboxylic acids is 1. The van der Waals surface area contributed by atoms with E-state index in [0.717, 1.165) is 4.47 Å². The van der Waals surface area contributed by atoms with Gasteiger partial charge in [0, 0.05) is 22.4 Å². The fourth-order valence-corrected chi connectivity index (χ4v) is 2.62. The summed E-state index contributed by atoms with van der Waals surface area (Å²) in [5.41, 5.74) is 0.505. The van der Waals surface area contributed by atoms with Crippen molar-refractivity contribution in [3.63, 3.8) is 0 Å². The van der Waals surface area contributed by atoms with Crippen LogP contribution < -0.4 is 19.5 Å². The van der Waals surface area contributed by atoms with Crippen LogP contribution in [0.25, 0.3) is 0 Å². The third-order valence-corrected chi connectivity index (χ3v) is 4.22. The van der Waals surface area contributed by atoms with Gasteiger partial charge in [0.05, 0.1) is 7.11 Å². The molecule has 0 aliphatic carbocycles. The van der Waals surface area contributed by atoms with Crippen molar-refractivity contribution in [2.24, 2.45) is 0 Å². The molecule has 1 heterocycles. The van der Waals surface area contributed by atoms with E-state index in [-0.39, 0.29) is 23.9 Å². The number of hydrogen-bond acceptors (Lipinski definition) is 5. The molecule has 0 aliphatic heterocycles. The smallest absolute Gasteiger partial charge is 0.387 e. The van der Waals surface area contributed by atoms with Crippen LogP contribution in [-0.2, 0) is 6.73 Å². The first kappa shape index (κ1) is 20.6. The topological polar surface area (TPSA) is 74.6 Å². The van der Waals surface area contributed by atoms with E-state index in [9.17, 15) is 13.6 Å². The summed E-state index contributed by atoms with van der Waals surface area (Å²) in [5, 5.41) is 6.78. The molecule has 7 nitrogen and oxygen atoms in total. The number of alkyl halides is 2. The van der Waals surface area contributed by atoms with Crippen molar-refractivity contribution in [1.82, 2.24) is 9.78 Å². The van der Waals surface area contributed by atoms with Crippen LogP contribution >= 0.6 is 15.9 Å². The van der Waals surface area contributed by atoms with E-state index >= 15 is 0 Å². The molecule has 0 bridgehead atoms. The number of hydrogen-bond donors (Lipinski definition) is 1. The number of aromatic nitrogens is 2. The second-order valence-corrected chi connectivity index (χ2v) is 6.58. The normalized spacial score (nSPS) is 10.7. The summed E-state index contributed by atoms with van der Waals surface area (Å²) in [7, 11) is 1.31. The molecule has 1 amide bonds. The SMILES string of the molecule is COc1cc(NC(=O)c2ccn(COc3ccc(Br)cc3)n2)ccc1OC(F)F. The lowest BCUT2D eigenvalue weighted by atomic mass is 10.2. The minimum Gasteiger partial charge on any atom is -0.493 e. The predicted octanol–water partition coefficient (Wildman–Crippen LogP) is 4.54. The quantitative estimate of drug-likeness (QED) is 0.526. The Morgan fingerprint density at radius 3 is 2.62 bits per heavy atom. The molecule has 3 aromatic rings. The molecule has 2 aromatic carbocycles. The molecular formula is C19H16BrF2N3O4. The van der Waals surface area contributed by atoms with Gasteiger partial charge in [-0.1, -0.05) is 15.9 Å². The standard InChI is InChI=1S/C19H16BrF2N3O4/c1-27-17-10-13(4-7-16(17)29-19(21)22)23-18(26)15-8-9-25(24-15)11-28-14-5-2-12(20)3-6-14/h2-10,19H,11H2,1H3,(H,23,26). The summed E-state index contributed by atoms with van der Waals surface area (Å²) in [5.74, 6) is 0.122. The van der Waals surface area contributed by atoms with E-state index in [4.69, 9.17) is 9.47 Å². The van der Waals surface area contributed by atoms with Crippen molar-refractivity contribution in [3.05, 3.63) is 64.9 Å². The van der Waals surface area contributed by atoms with Gasteiger partial charge < -0.3 is 19.5 Å². The highest BCUT2D eigenvalue weighted by Gasteiger charge is 2.14. The molecule has 0 aliphatic rings. The third-order valence-electron chi connectivity index (χ3n) is 3.69. The van der Waals surface area contributed by atoms with Crippen LogP contribution in [-0.4, -0.2) is 29.4 Å². The average molecular weight is 468 g/mol. The first-order chi connectivity index (χ1) is 13.9. The minimum absolute atomic E-state index is 0.0662. The largest absolute Gasteiger partial charge is 0.493 e. The summed E-state index contributed by atoms with van der Waals surface area (Å²) in [6.45, 7) is -2.85. The number of amides is 1. The van der Waals surface area contributed by atoms with Crippen molar-refractivity contribution in [3.8, 4) is 17.2 Å². The number of nitrogens with one attached hydrogen (secondary N) is 1. The van der Waals surface area contributed by atoms with Crippen molar-refractivity contribution < 1.29 is 27.8 Å². The Morgan fingerprint density at radius 2 is 1.93 bits per heavy atom. The number of anilines is 1. The number of benzene rings is 2. The molecule has 1 N–H and O–H groups in total. The van der Waals surface area contributed by atoms with Crippen LogP contribution in [0, 0.1) is 0 Å². The van der Waals surface area contributed by atoms with E-state index in [1.54, 1.807) is 18.3 Å². The molecule has 0 unspecified atom stereocenters. The van der Waals surface area contributed by atoms with Crippen molar-refractivity contribution in [1.29, 1.82) is 0 Å². The molecule has 152 valence electrons. The van der Waals surface area contributed by atoms with Gasteiger partial charge in [-0.3, -0.25) is 4.79 Å². The second kappa shape index (κ2) is 9.37. The zero-order valence-electron chi connectivity index (χ0n) is 15.1. The Balaban J connectivity index is 1.61. The number of carbonyl (C=O) groups is 1. The molecule has 10 heteroatoms. The van der Waals surface area contributed by atoms with Gasteiger partial charge in [0.25, 0.3) is 5.91 Å². The first-order valence-corrected chi connectivity index (χ1v) is 9.10. The lowest BCUT2D eigenvalue weighted by Gasteiger charge is -2.11. The van der Waals surface area contributed by atoms with Crippen molar-refractivity contribution in [2.45, 2.75) is 13.3 Å². The molecule has 0 spiro atoms. The third kappa shape index (κ3) is 5.67. The van der Waals surface area contributed by atoms with E-state index in [1.165, 1.54) is 36.1 Å². The van der Waals surface area contributed by atoms with E-state index in [2.05, 4.69) is 31.1 Å². The lowest BCUT2D eigenvalue weighted by molar-refractivity contribution is -0.0512. The molecule has 29 heavy (non-hydrogen) atoms. The maximum absolute atomic E-state index is 12.4. The highest BCUT2D eigenvalue weighted by molar-refractivity contribution is 9.10. The van der Waals surface area contributed by atoms with Gasteiger partial charge in [-0.2, -0.15) is 13.9 Å². The van der Waals surface area contributed by atoms with Gasteiger partial charge in [-0.25, -0.2) is 4.68 Å². The molecular weight excluding hydrogens is 452 g/mol. The maximum atomic E-state index is 12.4. The Bertz CT molecular complexity index is 980. The van der Waals surface area contributed by atoms with E-state index < -0.39 is 12.5 Å². The summed E-state index contributed by atoms with van der Waals surface area (Å²) >= 11 is 3.35. The molecule has 0 atom stereocenters. The van der Waals surface area contributed by atoms with E-state index in [0.29, 0.717) is 11.4 Å². The van der Waals surface area contributed by atoms with Crippen LogP contribution in [0.4, 0.5) is 14.5 Å². The number of ether oxygens (including phenoxy) is 3. The number of rotatable bonds is 8. The Morgan fingerprint density at radius 1 is 1.17 bits per heavy atom. The van der Waals surface area contributed by atoms with Crippen LogP contribution in [0.1, 0.15) is 10.5 Å². The van der Waals surface area contributed by atoms with Gasteiger partial charge in [0.1, 0.15) is 5.75 Å². The highest BCUT2D eigenvalue weighted by atomic mass is 79.9. The molecule has 0 fully saturated rings. The van der Waals surface area contributed by atoms with Crippen LogP contribution in [0.3, 0.4) is 0 Å². The van der Waals surface area contributed by atoms with Gasteiger partial charge in [-0.05, 0) is 42.5 Å². The zero-order chi connectivity index (χ0) is 20.8. The highest BCUT2D eigenvalue weighted by Crippen LogP contribution is 2.31. The fraction of sp³-hybridized carbons (Fsp3) is 0.158. The number of methoxy groups -OCH3 is 1. The lowest BCUT2D eigenvalue weighted by Crippen LogP contribution is -2.14. The zero-order valence-corrected chi connectivity index (χ0v) is 16.7. The first-order valence-electron chi connectivity index (χ1n) is 8.30. The summed E-state index contributed by atoms with van der Waals surface area (Å²) in [4.78, 5) is 12.4. The molecule has 1 aromatic heterocycles. The van der Waals surface area contributed by atoms with Crippen molar-refractivity contribution >= 4 is 27.5 Å². The summed E-state index contributed by atoms with van der Waals surface area (Å²) in [6, 6.07) is 12.9. The monoisotopic (exact) mass is 467 g/mol. The Hall–Kier alpha value is -3.14. The van der Waals surface area contributed by atoms with Crippen LogP contribution in [0.2, 0.25) is 0 Å². The molecule has 3 rings (SSSR count). The Labute approximate surface area is 173 Å². The number of halogens is 3. The fourth-order valence-electron chi connectivity index (χ4n) is 2.36. The van der Waals surface area contributed by atoms with Crippen molar-refractivity contribution in [2.75, 3.05) is 12.4 Å². The van der Waals surface area contributed by atoms with Gasteiger partial charge in [0.2, 0.25) is 0 Å². The summed E-state index contributed by atoms with van der Waals surface area (Å²) in [6.07, 6.45) is 1.61. The van der Waals surface area contributed by atoms with Crippen LogP contribution in [0.5, 0.6) is 17.2 Å². The summed E-state index contributed by atoms with van der Waals surface area (Å²) < 4.78 is 42.1. The number of nitrogens with zero attached hydrogens (tertiary/aromatic N) is 2. The molecule has 0 radical (unpaired) electrons. The Kier molecular flexibility index (Phi) is 6.65. The second-order valence-electron chi connectivity index (χ2n) is 5.67. The average Bonchev–Trinajstić information content (AvgIpc) is 3.17. The minimum atomic E-state index is -2.98. The predicted molar refractivity (Wildman–Crippen MR) is 105 cm³/mol. The van der Waals surface area contributed by atoms with Crippen LogP contribution in [0.15, 0.2) is 59.2 Å². The molecule has 0 saturated heterocycles. The van der Waals surface area contributed by atoms with Gasteiger partial charge in [-0.15, -0.1) is 0 Å². The van der Waals surface area contributed by atoms with Gasteiger partial charge in [0.15, 0.2) is 23.9 Å². The maximum Gasteiger partial charge on any atom is 0.387 e.